The molecule has 0 unspecified atom stereocenters. The summed E-state index contributed by atoms with van der Waals surface area (Å²) < 4.78 is 256. The van der Waals surface area contributed by atoms with Crippen LogP contribution in [0.5, 0.6) is 5.75 Å². The highest BCUT2D eigenvalue weighted by atomic mass is 32.3. The van der Waals surface area contributed by atoms with Crippen LogP contribution in [0.25, 0.3) is 0 Å². The fraction of sp³-hybridized carbons (Fsp3) is 0.524. The fourth-order valence-electron chi connectivity index (χ4n) is 2.59. The normalized spacial score (nSPS) is 14.2. The molecule has 288 valence electrons. The van der Waals surface area contributed by atoms with Crippen LogP contribution in [0.3, 0.4) is 0 Å². The van der Waals surface area contributed by atoms with Crippen molar-refractivity contribution < 1.29 is 106 Å². The lowest BCUT2D eigenvalue weighted by Gasteiger charge is -2.32. The molecule has 0 aliphatic heterocycles. The monoisotopic (exact) mass is 835 g/mol. The molecule has 0 amide bonds. The van der Waals surface area contributed by atoms with Crippen molar-refractivity contribution in [3.8, 4) is 5.75 Å². The summed E-state index contributed by atoms with van der Waals surface area (Å²) in [4.78, 5) is 22.9. The summed E-state index contributed by atoms with van der Waals surface area (Å²) in [5.74, 6) is -18.8. The Kier molecular flexibility index (Phi) is 13.4. The van der Waals surface area contributed by atoms with E-state index < -0.39 is 85.8 Å². The Morgan fingerprint density at radius 1 is 0.720 bits per heavy atom. The molecule has 1 N–H and O–H groups in total. The maximum absolute atomic E-state index is 14.3. The first kappa shape index (κ1) is 45.0. The first-order chi connectivity index (χ1) is 22.1. The van der Waals surface area contributed by atoms with Crippen LogP contribution in [-0.2, 0) is 49.2 Å². The van der Waals surface area contributed by atoms with Crippen molar-refractivity contribution in [1.29, 1.82) is 0 Å². The third kappa shape index (κ3) is 9.05. The highest BCUT2D eigenvalue weighted by Crippen LogP contribution is 2.53. The third-order valence-corrected chi connectivity index (χ3v) is 11.1. The molecular weight excluding hydrogens is 817 g/mol. The number of sulfonamides is 2. The van der Waals surface area contributed by atoms with Crippen molar-refractivity contribution >= 4 is 53.9 Å². The van der Waals surface area contributed by atoms with Gasteiger partial charge < -0.3 is 13.7 Å². The zero-order chi connectivity index (χ0) is 39.6. The number of hydrogen-bond acceptors (Lipinski definition) is 12. The van der Waals surface area contributed by atoms with Gasteiger partial charge in [-0.3, -0.25) is 4.79 Å². The standard InChI is InChI=1S/C21H18F13NO11S4/c1-11(2)15(37)45-9-8-44-14(36)7-10-47-13-5-3-12(4-6-13)46-50(42,43)21(33,34)17(24,25)20(31,32)49(40,41)35-48(38,39)19(29,30)16(22,23)18(26,27)28/h3-6,35H,1,7-10H2,2H3. The van der Waals surface area contributed by atoms with E-state index in [1.54, 1.807) is 0 Å². The van der Waals surface area contributed by atoms with Gasteiger partial charge in [-0.05, 0) is 31.2 Å². The molecule has 0 radical (unpaired) electrons. The van der Waals surface area contributed by atoms with E-state index in [4.69, 9.17) is 4.74 Å². The molecule has 12 nitrogen and oxygen atoms in total. The van der Waals surface area contributed by atoms with Crippen molar-refractivity contribution in [3.05, 3.63) is 36.4 Å². The second kappa shape index (κ2) is 14.9. The largest absolute Gasteiger partial charge is 0.462 e. The average molecular weight is 836 g/mol. The number of nitrogens with one attached hydrogen (secondary N) is 1. The van der Waals surface area contributed by atoms with Crippen LogP contribution in [0.15, 0.2) is 41.3 Å². The summed E-state index contributed by atoms with van der Waals surface area (Å²) in [6.45, 7) is 4.02. The van der Waals surface area contributed by atoms with Crippen LogP contribution < -0.4 is 8.31 Å². The summed E-state index contributed by atoms with van der Waals surface area (Å²) in [6, 6.07) is 2.49. The maximum atomic E-state index is 14.3. The van der Waals surface area contributed by atoms with Gasteiger partial charge in [0.2, 0.25) is 0 Å². The van der Waals surface area contributed by atoms with E-state index in [-0.39, 0.29) is 35.9 Å². The molecule has 0 bridgehead atoms. The number of thioether (sulfide) groups is 1. The molecule has 0 spiro atoms. The predicted molar refractivity (Wildman–Crippen MR) is 140 cm³/mol. The van der Waals surface area contributed by atoms with Crippen molar-refractivity contribution in [2.75, 3.05) is 19.0 Å². The van der Waals surface area contributed by atoms with Crippen molar-refractivity contribution in [2.45, 2.75) is 52.0 Å². The number of alkyl halides is 13. The molecule has 0 aliphatic rings. The van der Waals surface area contributed by atoms with E-state index in [1.807, 2.05) is 0 Å². The van der Waals surface area contributed by atoms with E-state index in [9.17, 15) is 91.9 Å². The van der Waals surface area contributed by atoms with Crippen molar-refractivity contribution in [1.82, 2.24) is 4.13 Å². The summed E-state index contributed by atoms with van der Waals surface area (Å²) in [7, 11) is -24.4. The van der Waals surface area contributed by atoms with Gasteiger partial charge in [-0.25, -0.2) is 21.6 Å². The van der Waals surface area contributed by atoms with Gasteiger partial charge in [-0.1, -0.05) is 10.7 Å². The van der Waals surface area contributed by atoms with Gasteiger partial charge in [-0.2, -0.15) is 65.5 Å². The Balaban J connectivity index is 3.09. The molecule has 0 aliphatic carbocycles. The molecule has 0 fully saturated rings. The number of rotatable bonds is 18. The van der Waals surface area contributed by atoms with Crippen molar-refractivity contribution in [2.24, 2.45) is 0 Å². The highest BCUT2D eigenvalue weighted by molar-refractivity contribution is 8.05. The number of halogens is 13. The van der Waals surface area contributed by atoms with Gasteiger partial charge in [0.05, 0.1) is 6.42 Å². The minimum Gasteiger partial charge on any atom is -0.462 e. The van der Waals surface area contributed by atoms with Crippen LogP contribution in [0.4, 0.5) is 57.1 Å². The zero-order valence-corrected chi connectivity index (χ0v) is 27.1. The van der Waals surface area contributed by atoms with Gasteiger partial charge in [0.1, 0.15) is 19.0 Å². The first-order valence-corrected chi connectivity index (χ1v) is 17.4. The number of carbonyl (C=O) groups excluding carboxylic acids is 2. The van der Waals surface area contributed by atoms with Gasteiger partial charge >= 0.3 is 55.8 Å². The third-order valence-electron chi connectivity index (χ3n) is 5.19. The molecular formula is C21H18F13NO11S4. The lowest BCUT2D eigenvalue weighted by atomic mass is 10.3. The molecule has 0 atom stereocenters. The topological polar surface area (TPSA) is 176 Å². The Morgan fingerprint density at radius 3 is 1.60 bits per heavy atom. The summed E-state index contributed by atoms with van der Waals surface area (Å²) >= 11 is 0.793. The van der Waals surface area contributed by atoms with E-state index in [2.05, 4.69) is 15.5 Å². The Hall–Kier alpha value is -3.05. The minimum absolute atomic E-state index is 0.0759. The van der Waals surface area contributed by atoms with Gasteiger partial charge in [0.15, 0.2) is 0 Å². The van der Waals surface area contributed by atoms with Gasteiger partial charge in [0, 0.05) is 16.2 Å². The number of carbonyl (C=O) groups is 2. The Labute approximate surface area is 276 Å². The molecule has 1 rings (SSSR count). The fourth-order valence-corrected chi connectivity index (χ4v) is 7.31. The number of ether oxygens (including phenoxy) is 2. The average Bonchev–Trinajstić information content (AvgIpc) is 2.94. The summed E-state index contributed by atoms with van der Waals surface area (Å²) in [6.07, 6.45) is -7.86. The molecule has 1 aromatic carbocycles. The SMILES string of the molecule is C=C(C)C(=O)OCCOC(=O)CCSc1ccc(OS(=O)(=O)C(F)(F)C(F)(F)C(F)(F)S(=O)(=O)NS(=O)(=O)C(F)(F)C(F)(F)C(F)(F)F)cc1. The number of esters is 2. The quantitative estimate of drug-likeness (QED) is 0.0552. The maximum Gasteiger partial charge on any atom is 0.461 e. The van der Waals surface area contributed by atoms with E-state index in [1.165, 1.54) is 6.92 Å². The molecule has 29 heteroatoms. The van der Waals surface area contributed by atoms with Crippen LogP contribution in [0, 0.1) is 0 Å². The number of hydrogen-bond donors (Lipinski definition) is 1. The molecule has 0 aromatic heterocycles. The van der Waals surface area contributed by atoms with Crippen LogP contribution in [0.1, 0.15) is 13.3 Å². The molecule has 0 saturated carbocycles. The Morgan fingerprint density at radius 2 is 1.16 bits per heavy atom. The Bertz CT molecular complexity index is 1760. The smallest absolute Gasteiger partial charge is 0.461 e. The van der Waals surface area contributed by atoms with E-state index in [0.29, 0.717) is 12.1 Å². The van der Waals surface area contributed by atoms with Crippen LogP contribution in [-0.4, -0.2) is 89.9 Å². The lowest BCUT2D eigenvalue weighted by Crippen LogP contribution is -2.66. The summed E-state index contributed by atoms with van der Waals surface area (Å²) in [5.41, 5.74) is 0.0759. The zero-order valence-electron chi connectivity index (χ0n) is 23.9. The highest BCUT2D eigenvalue weighted by Gasteiger charge is 2.85. The van der Waals surface area contributed by atoms with Crippen LogP contribution in [0.2, 0.25) is 0 Å². The van der Waals surface area contributed by atoms with Crippen LogP contribution >= 0.6 is 11.8 Å². The minimum atomic E-state index is -8.48. The first-order valence-electron chi connectivity index (χ1n) is 12.0. The van der Waals surface area contributed by atoms with Gasteiger partial charge in [-0.15, -0.1) is 11.8 Å². The molecule has 50 heavy (non-hydrogen) atoms. The lowest BCUT2D eigenvalue weighted by molar-refractivity contribution is -0.332. The predicted octanol–water partition coefficient (Wildman–Crippen LogP) is 4.40. The van der Waals surface area contributed by atoms with Crippen molar-refractivity contribution in [3.63, 3.8) is 0 Å². The second-order valence-electron chi connectivity index (χ2n) is 9.03. The van der Waals surface area contributed by atoms with Gasteiger partial charge in [0.25, 0.3) is 20.0 Å². The van der Waals surface area contributed by atoms with E-state index >= 15 is 0 Å². The molecule has 1 aromatic rings. The molecule has 0 heterocycles. The van der Waals surface area contributed by atoms with E-state index in [0.717, 1.165) is 23.9 Å². The second-order valence-corrected chi connectivity index (χ2v) is 15.5. The molecule has 0 saturated heterocycles. The summed E-state index contributed by atoms with van der Waals surface area (Å²) in [5, 5.41) is -23.1. The number of benzene rings is 1.